The second-order valence-electron chi connectivity index (χ2n) is 17.0. The van der Waals surface area contributed by atoms with Crippen LogP contribution in [0.3, 0.4) is 0 Å². The van der Waals surface area contributed by atoms with E-state index in [2.05, 4.69) is 52.9 Å². The summed E-state index contributed by atoms with van der Waals surface area (Å²) in [6, 6.07) is 0. The number of carbonyl (C=O) groups excluding carboxylic acids is 4. The van der Waals surface area contributed by atoms with Gasteiger partial charge in [0.25, 0.3) is 0 Å². The molecular weight excluding hydrogens is 566 g/mol. The van der Waals surface area contributed by atoms with Crippen molar-refractivity contribution in [2.45, 2.75) is 144 Å². The monoisotopic (exact) mass is 625 g/mol. The minimum Gasteiger partial charge on any atom is -0.469 e. The van der Waals surface area contributed by atoms with Crippen LogP contribution in [0.25, 0.3) is 0 Å². The smallest absolute Gasteiger partial charge is 0.305 e. The minimum absolute atomic E-state index is 0.0230. The van der Waals surface area contributed by atoms with Gasteiger partial charge in [0.15, 0.2) is 5.78 Å². The number of esters is 2. The van der Waals surface area contributed by atoms with Gasteiger partial charge in [-0.05, 0) is 123 Å². The van der Waals surface area contributed by atoms with Crippen molar-refractivity contribution >= 4 is 23.6 Å². The predicted octanol–water partition coefficient (Wildman–Crippen LogP) is 7.36. The summed E-state index contributed by atoms with van der Waals surface area (Å²) in [6.07, 6.45) is 11.3. The lowest BCUT2D eigenvalue weighted by molar-refractivity contribution is -0.201. The van der Waals surface area contributed by atoms with E-state index < -0.39 is 11.6 Å². The van der Waals surface area contributed by atoms with E-state index >= 15 is 0 Å². The summed E-state index contributed by atoms with van der Waals surface area (Å²) < 4.78 is 10.7. The maximum atomic E-state index is 14.7. The molecule has 5 rings (SSSR count). The first-order valence-corrected chi connectivity index (χ1v) is 17.8. The summed E-state index contributed by atoms with van der Waals surface area (Å²) in [4.78, 5) is 52.0. The molecule has 4 saturated carbocycles. The van der Waals surface area contributed by atoms with E-state index in [0.717, 1.165) is 25.7 Å². The number of rotatable bonds is 7. The summed E-state index contributed by atoms with van der Waals surface area (Å²) in [5.74, 6) is 1.01. The quantitative estimate of drug-likeness (QED) is 0.235. The van der Waals surface area contributed by atoms with E-state index in [9.17, 15) is 19.2 Å². The third-order valence-electron chi connectivity index (χ3n) is 14.7. The van der Waals surface area contributed by atoms with Crippen molar-refractivity contribution < 1.29 is 28.7 Å². The average molecular weight is 626 g/mol. The number of amides is 1. The Hall–Kier alpha value is -2.18. The second-order valence-corrected chi connectivity index (χ2v) is 17.0. The largest absolute Gasteiger partial charge is 0.469 e. The molecule has 0 aromatic heterocycles. The number of fused-ring (bicyclic) bond motifs is 7. The number of unbranched alkanes of at least 4 members (excludes halogenated alkanes) is 1. The highest BCUT2D eigenvalue weighted by molar-refractivity contribution is 5.95. The van der Waals surface area contributed by atoms with E-state index in [-0.39, 0.29) is 70.0 Å². The van der Waals surface area contributed by atoms with Crippen molar-refractivity contribution in [3.05, 3.63) is 11.6 Å². The minimum atomic E-state index is -0.803. The normalized spacial score (nSPS) is 45.5. The average Bonchev–Trinajstić information content (AvgIpc) is 2.96. The SMILES string of the molecule is COC(=O)CCCCC(=O)N[C@]1(C)[C@@H]2CC[C@]3(C)[C@H](C(=O)C=C4[C@@H]5[C@@H](C)[C@H](C)CC[C@]5(C)CC[C@]43C)[C@@]2(C)CC[C@H]1OC(C)=O. The highest BCUT2D eigenvalue weighted by atomic mass is 16.5. The Morgan fingerprint density at radius 3 is 2.27 bits per heavy atom. The lowest BCUT2D eigenvalue weighted by Crippen LogP contribution is -2.72. The Labute approximate surface area is 271 Å². The first-order chi connectivity index (χ1) is 21.0. The van der Waals surface area contributed by atoms with E-state index in [1.807, 2.05) is 6.92 Å². The van der Waals surface area contributed by atoms with Crippen molar-refractivity contribution in [1.82, 2.24) is 5.32 Å². The van der Waals surface area contributed by atoms with Gasteiger partial charge < -0.3 is 14.8 Å². The number of hydrogen-bond donors (Lipinski definition) is 1. The molecule has 0 bridgehead atoms. The topological polar surface area (TPSA) is 98.8 Å². The number of carbonyl (C=O) groups is 4. The molecule has 0 saturated heterocycles. The Morgan fingerprint density at radius 2 is 1.60 bits per heavy atom. The molecule has 7 heteroatoms. The predicted molar refractivity (Wildman–Crippen MR) is 174 cm³/mol. The van der Waals surface area contributed by atoms with Gasteiger partial charge in [0.1, 0.15) is 6.10 Å². The van der Waals surface area contributed by atoms with Gasteiger partial charge in [-0.2, -0.15) is 0 Å². The van der Waals surface area contributed by atoms with Gasteiger partial charge >= 0.3 is 11.9 Å². The summed E-state index contributed by atoms with van der Waals surface area (Å²) in [7, 11) is 1.37. The van der Waals surface area contributed by atoms with Crippen LogP contribution in [0.4, 0.5) is 0 Å². The number of hydrogen-bond acceptors (Lipinski definition) is 6. The molecule has 5 aliphatic carbocycles. The fourth-order valence-electron chi connectivity index (χ4n) is 11.9. The molecule has 252 valence electrons. The van der Waals surface area contributed by atoms with E-state index in [4.69, 9.17) is 9.47 Å². The van der Waals surface area contributed by atoms with E-state index in [0.29, 0.717) is 37.0 Å². The van der Waals surface area contributed by atoms with Gasteiger partial charge in [0, 0.05) is 25.7 Å². The van der Waals surface area contributed by atoms with Crippen LogP contribution in [0.5, 0.6) is 0 Å². The van der Waals surface area contributed by atoms with Crippen LogP contribution in [0.1, 0.15) is 132 Å². The van der Waals surface area contributed by atoms with Crippen molar-refractivity contribution in [3.63, 3.8) is 0 Å². The zero-order valence-corrected chi connectivity index (χ0v) is 29.5. The van der Waals surface area contributed by atoms with Crippen LogP contribution in [0.2, 0.25) is 0 Å². The van der Waals surface area contributed by atoms with E-state index in [1.165, 1.54) is 38.9 Å². The summed E-state index contributed by atoms with van der Waals surface area (Å²) >= 11 is 0. The van der Waals surface area contributed by atoms with Crippen LogP contribution in [-0.4, -0.2) is 42.4 Å². The highest BCUT2D eigenvalue weighted by Crippen LogP contribution is 2.74. The van der Waals surface area contributed by atoms with Crippen molar-refractivity contribution in [2.75, 3.05) is 7.11 Å². The van der Waals surface area contributed by atoms with Gasteiger partial charge in [-0.3, -0.25) is 19.2 Å². The van der Waals surface area contributed by atoms with Gasteiger partial charge in [-0.25, -0.2) is 0 Å². The molecule has 1 amide bonds. The highest BCUT2D eigenvalue weighted by Gasteiger charge is 2.71. The van der Waals surface area contributed by atoms with Crippen LogP contribution < -0.4 is 5.32 Å². The fourth-order valence-corrected chi connectivity index (χ4v) is 11.9. The molecule has 4 fully saturated rings. The van der Waals surface area contributed by atoms with Crippen LogP contribution in [0, 0.1) is 51.2 Å². The summed E-state index contributed by atoms with van der Waals surface area (Å²) in [6.45, 7) is 18.0. The molecule has 11 atom stereocenters. The van der Waals surface area contributed by atoms with Crippen LogP contribution >= 0.6 is 0 Å². The molecule has 45 heavy (non-hydrogen) atoms. The molecule has 7 nitrogen and oxygen atoms in total. The van der Waals surface area contributed by atoms with Crippen LogP contribution in [-0.2, 0) is 28.7 Å². The maximum absolute atomic E-state index is 14.7. The molecule has 5 aliphatic rings. The second kappa shape index (κ2) is 11.8. The third kappa shape index (κ3) is 5.30. The third-order valence-corrected chi connectivity index (χ3v) is 14.7. The van der Waals surface area contributed by atoms with Gasteiger partial charge in [-0.1, -0.05) is 47.1 Å². The molecule has 0 spiro atoms. The molecule has 1 N–H and O–H groups in total. The molecule has 0 aromatic rings. The zero-order chi connectivity index (χ0) is 33.2. The first kappa shape index (κ1) is 34.2. The number of ketones is 1. The van der Waals surface area contributed by atoms with E-state index in [1.54, 1.807) is 0 Å². The van der Waals surface area contributed by atoms with Gasteiger partial charge in [-0.15, -0.1) is 0 Å². The van der Waals surface area contributed by atoms with Crippen LogP contribution in [0.15, 0.2) is 11.6 Å². The number of methoxy groups -OCH3 is 1. The van der Waals surface area contributed by atoms with Crippen molar-refractivity contribution in [3.8, 4) is 0 Å². The molecule has 0 aliphatic heterocycles. The molecule has 0 radical (unpaired) electrons. The van der Waals surface area contributed by atoms with Gasteiger partial charge in [0.2, 0.25) is 5.91 Å². The van der Waals surface area contributed by atoms with Gasteiger partial charge in [0.05, 0.1) is 12.6 Å². The first-order valence-electron chi connectivity index (χ1n) is 17.8. The molecular formula is C38H59NO6. The summed E-state index contributed by atoms with van der Waals surface area (Å²) in [5, 5.41) is 3.36. The number of ether oxygens (including phenoxy) is 2. The Balaban J connectivity index is 1.48. The lowest BCUT2D eigenvalue weighted by Gasteiger charge is -2.71. The Kier molecular flexibility index (Phi) is 8.96. The number of allylic oxidation sites excluding steroid dienone is 2. The maximum Gasteiger partial charge on any atom is 0.305 e. The fraction of sp³-hybridized carbons (Fsp3) is 0.842. The standard InChI is InChI=1S/C38H59NO6/c1-23-14-17-34(4)20-21-36(6)26(32(34)24(23)2)22-27(41)33-35(5)18-16-29(45-25(3)40)38(8,28(35)15-19-37(33,36)7)39-30(42)12-10-11-13-31(43)44-9/h22-24,28-29,32-33H,10-21H2,1-9H3,(H,39,42)/t23-,24+,28-,29-,32+,33-,34-,35+,36-,37-,38-/m1/s1. The molecule has 0 unspecified atom stereocenters. The molecule has 0 heterocycles. The Bertz CT molecular complexity index is 1260. The molecule has 0 aromatic carbocycles. The lowest BCUT2D eigenvalue weighted by atomic mass is 9.33. The Morgan fingerprint density at radius 1 is 0.911 bits per heavy atom. The number of nitrogens with one attached hydrogen (secondary N) is 1. The summed E-state index contributed by atoms with van der Waals surface area (Å²) in [5.41, 5.74) is 0.283. The van der Waals surface area contributed by atoms with Crippen molar-refractivity contribution in [1.29, 1.82) is 0 Å². The zero-order valence-electron chi connectivity index (χ0n) is 29.5. The van der Waals surface area contributed by atoms with Crippen molar-refractivity contribution in [2.24, 2.45) is 51.2 Å².